The zero-order valence-corrected chi connectivity index (χ0v) is 12.9. The Morgan fingerprint density at radius 2 is 2.05 bits per heavy atom. The lowest BCUT2D eigenvalue weighted by atomic mass is 9.86. The summed E-state index contributed by atoms with van der Waals surface area (Å²) in [5.41, 5.74) is 2.67. The maximum atomic E-state index is 12.0. The van der Waals surface area contributed by atoms with E-state index in [1.807, 2.05) is 5.38 Å². The van der Waals surface area contributed by atoms with Gasteiger partial charge in [-0.15, -0.1) is 11.3 Å². The molecule has 1 saturated carbocycles. The van der Waals surface area contributed by atoms with Crippen LogP contribution < -0.4 is 5.32 Å². The predicted molar refractivity (Wildman–Crippen MR) is 81.2 cm³/mol. The molecule has 2 rings (SSSR count). The highest BCUT2D eigenvalue weighted by Gasteiger charge is 2.29. The molecule has 2 N–H and O–H groups in total. The van der Waals surface area contributed by atoms with Crippen LogP contribution in [0, 0.1) is 5.92 Å². The SMILES string of the molecule is O=C(CCc1cscn1)NC1CCCCCCC1C(=O)O. The smallest absolute Gasteiger partial charge is 0.308 e. The minimum atomic E-state index is -0.790. The predicted octanol–water partition coefficient (Wildman–Crippen LogP) is 2.62. The number of carbonyl (C=O) groups is 2. The number of carboxylic acid groups (broad SMARTS) is 1. The summed E-state index contributed by atoms with van der Waals surface area (Å²) in [5.74, 6) is -1.31. The van der Waals surface area contributed by atoms with E-state index in [9.17, 15) is 14.7 Å². The second kappa shape index (κ2) is 8.12. The normalized spacial score (nSPS) is 23.0. The van der Waals surface area contributed by atoms with Crippen LogP contribution in [-0.4, -0.2) is 28.0 Å². The summed E-state index contributed by atoms with van der Waals surface area (Å²) in [7, 11) is 0. The Morgan fingerprint density at radius 3 is 2.71 bits per heavy atom. The summed E-state index contributed by atoms with van der Waals surface area (Å²) < 4.78 is 0. The summed E-state index contributed by atoms with van der Waals surface area (Å²) in [4.78, 5) is 27.6. The van der Waals surface area contributed by atoms with Gasteiger partial charge < -0.3 is 10.4 Å². The highest BCUT2D eigenvalue weighted by atomic mass is 32.1. The average Bonchev–Trinajstić information content (AvgIpc) is 2.92. The van der Waals surface area contributed by atoms with Crippen molar-refractivity contribution >= 4 is 23.2 Å². The third-order valence-corrected chi connectivity index (χ3v) is 4.66. The molecule has 1 aliphatic rings. The summed E-state index contributed by atoms with van der Waals surface area (Å²) in [6.07, 6.45) is 6.53. The number of nitrogens with zero attached hydrogens (tertiary/aromatic N) is 1. The molecular formula is C15H22N2O3S. The van der Waals surface area contributed by atoms with E-state index in [4.69, 9.17) is 0 Å². The fourth-order valence-corrected chi connectivity index (χ4v) is 3.43. The summed E-state index contributed by atoms with van der Waals surface area (Å²) in [6.45, 7) is 0. The molecule has 2 atom stereocenters. The van der Waals surface area contributed by atoms with E-state index in [1.165, 1.54) is 11.3 Å². The van der Waals surface area contributed by atoms with Gasteiger partial charge in [0.1, 0.15) is 0 Å². The van der Waals surface area contributed by atoms with E-state index < -0.39 is 11.9 Å². The minimum absolute atomic E-state index is 0.0696. The zero-order valence-electron chi connectivity index (χ0n) is 12.1. The Bertz CT molecular complexity index is 461. The summed E-state index contributed by atoms with van der Waals surface area (Å²) >= 11 is 1.52. The van der Waals surface area contributed by atoms with Gasteiger partial charge in [0.2, 0.25) is 5.91 Å². The lowest BCUT2D eigenvalue weighted by Gasteiger charge is -2.27. The van der Waals surface area contributed by atoms with Crippen LogP contribution >= 0.6 is 11.3 Å². The summed E-state index contributed by atoms with van der Waals surface area (Å²) in [5, 5.41) is 14.2. The number of carbonyl (C=O) groups excluding carboxylic acids is 1. The molecule has 0 aliphatic heterocycles. The van der Waals surface area contributed by atoms with Crippen molar-refractivity contribution in [1.82, 2.24) is 10.3 Å². The van der Waals surface area contributed by atoms with Crippen LogP contribution in [0.5, 0.6) is 0 Å². The molecule has 1 fully saturated rings. The van der Waals surface area contributed by atoms with Crippen molar-refractivity contribution in [2.24, 2.45) is 5.92 Å². The fraction of sp³-hybridized carbons (Fsp3) is 0.667. The van der Waals surface area contributed by atoms with Crippen LogP contribution in [0.3, 0.4) is 0 Å². The number of hydrogen-bond donors (Lipinski definition) is 2. The number of nitrogens with one attached hydrogen (secondary N) is 1. The van der Waals surface area contributed by atoms with E-state index in [0.717, 1.165) is 37.8 Å². The molecule has 1 heterocycles. The maximum Gasteiger partial charge on any atom is 0.308 e. The number of aryl methyl sites for hydroxylation is 1. The molecule has 0 radical (unpaired) electrons. The lowest BCUT2D eigenvalue weighted by molar-refractivity contribution is -0.143. The van der Waals surface area contributed by atoms with E-state index >= 15 is 0 Å². The first-order valence-electron chi connectivity index (χ1n) is 7.56. The Labute approximate surface area is 128 Å². The van der Waals surface area contributed by atoms with E-state index in [-0.39, 0.29) is 11.9 Å². The van der Waals surface area contributed by atoms with Crippen molar-refractivity contribution in [1.29, 1.82) is 0 Å². The van der Waals surface area contributed by atoms with Gasteiger partial charge in [-0.05, 0) is 19.3 Å². The highest BCUT2D eigenvalue weighted by Crippen LogP contribution is 2.23. The van der Waals surface area contributed by atoms with Gasteiger partial charge in [0.05, 0.1) is 17.1 Å². The standard InChI is InChI=1S/C15H22N2O3S/c18-14(8-7-11-9-21-10-16-11)17-13-6-4-2-1-3-5-12(13)15(19)20/h9-10,12-13H,1-8H2,(H,17,18)(H,19,20). The number of aromatic nitrogens is 1. The molecule has 6 heteroatoms. The lowest BCUT2D eigenvalue weighted by Crippen LogP contribution is -2.44. The van der Waals surface area contributed by atoms with Crippen molar-refractivity contribution in [3.8, 4) is 0 Å². The molecule has 1 aromatic heterocycles. The van der Waals surface area contributed by atoms with Crippen molar-refractivity contribution < 1.29 is 14.7 Å². The molecule has 0 saturated heterocycles. The van der Waals surface area contributed by atoms with Gasteiger partial charge in [-0.25, -0.2) is 4.98 Å². The van der Waals surface area contributed by atoms with Crippen molar-refractivity contribution in [2.75, 3.05) is 0 Å². The minimum Gasteiger partial charge on any atom is -0.481 e. The van der Waals surface area contributed by atoms with Gasteiger partial charge in [0.25, 0.3) is 0 Å². The molecule has 0 bridgehead atoms. The number of carboxylic acids is 1. The largest absolute Gasteiger partial charge is 0.481 e. The van der Waals surface area contributed by atoms with Crippen LogP contribution in [0.2, 0.25) is 0 Å². The van der Waals surface area contributed by atoms with Gasteiger partial charge in [-0.3, -0.25) is 9.59 Å². The molecule has 1 amide bonds. The molecule has 2 unspecified atom stereocenters. The number of aliphatic carboxylic acids is 1. The Hall–Kier alpha value is -1.43. The number of hydrogen-bond acceptors (Lipinski definition) is 4. The molecule has 1 aliphatic carbocycles. The van der Waals surface area contributed by atoms with Crippen LogP contribution in [0.4, 0.5) is 0 Å². The molecule has 5 nitrogen and oxygen atoms in total. The molecule has 1 aromatic rings. The first kappa shape index (κ1) is 15.9. The van der Waals surface area contributed by atoms with Crippen molar-refractivity contribution in [3.63, 3.8) is 0 Å². The maximum absolute atomic E-state index is 12.0. The summed E-state index contributed by atoms with van der Waals surface area (Å²) in [6, 6.07) is -0.231. The molecule has 21 heavy (non-hydrogen) atoms. The van der Waals surface area contributed by atoms with Crippen LogP contribution in [-0.2, 0) is 16.0 Å². The first-order valence-corrected chi connectivity index (χ1v) is 8.50. The van der Waals surface area contributed by atoms with Gasteiger partial charge >= 0.3 is 5.97 Å². The third kappa shape index (κ3) is 5.12. The molecule has 0 spiro atoms. The monoisotopic (exact) mass is 310 g/mol. The van der Waals surface area contributed by atoms with Crippen LogP contribution in [0.15, 0.2) is 10.9 Å². The fourth-order valence-electron chi connectivity index (χ4n) is 2.83. The van der Waals surface area contributed by atoms with Gasteiger partial charge in [0, 0.05) is 17.8 Å². The van der Waals surface area contributed by atoms with Crippen molar-refractivity contribution in [3.05, 3.63) is 16.6 Å². The van der Waals surface area contributed by atoms with E-state index in [1.54, 1.807) is 5.51 Å². The number of thiazole rings is 1. The van der Waals surface area contributed by atoms with Gasteiger partial charge in [0.15, 0.2) is 0 Å². The second-order valence-corrected chi connectivity index (χ2v) is 6.31. The van der Waals surface area contributed by atoms with Gasteiger partial charge in [-0.2, -0.15) is 0 Å². The third-order valence-electron chi connectivity index (χ3n) is 4.02. The quantitative estimate of drug-likeness (QED) is 0.876. The van der Waals surface area contributed by atoms with Crippen molar-refractivity contribution in [2.45, 2.75) is 57.4 Å². The molecule has 0 aromatic carbocycles. The van der Waals surface area contributed by atoms with Gasteiger partial charge in [-0.1, -0.05) is 25.7 Å². The Morgan fingerprint density at radius 1 is 1.29 bits per heavy atom. The van der Waals surface area contributed by atoms with Crippen LogP contribution in [0.1, 0.15) is 50.6 Å². The second-order valence-electron chi connectivity index (χ2n) is 5.59. The topological polar surface area (TPSA) is 79.3 Å². The zero-order chi connectivity index (χ0) is 15.1. The van der Waals surface area contributed by atoms with E-state index in [0.29, 0.717) is 19.3 Å². The average molecular weight is 310 g/mol. The number of rotatable bonds is 5. The highest BCUT2D eigenvalue weighted by molar-refractivity contribution is 7.07. The molecular weight excluding hydrogens is 288 g/mol. The van der Waals surface area contributed by atoms with E-state index in [2.05, 4.69) is 10.3 Å². The Balaban J connectivity index is 1.87. The first-order chi connectivity index (χ1) is 10.2. The van der Waals surface area contributed by atoms with Crippen LogP contribution in [0.25, 0.3) is 0 Å². The molecule has 116 valence electrons. The number of amides is 1. The Kier molecular flexibility index (Phi) is 6.17.